The van der Waals surface area contributed by atoms with Gasteiger partial charge in [-0.1, -0.05) is 30.3 Å². The largest absolute Gasteiger partial charge is 0.496 e. The zero-order chi connectivity index (χ0) is 23.1. The molecule has 5 rings (SSSR count). The van der Waals surface area contributed by atoms with Crippen molar-refractivity contribution < 1.29 is 9.13 Å². The van der Waals surface area contributed by atoms with Gasteiger partial charge < -0.3 is 19.5 Å². The number of halogens is 1. The first-order valence-electron chi connectivity index (χ1n) is 10.8. The molecule has 1 fully saturated rings. The van der Waals surface area contributed by atoms with Gasteiger partial charge in [-0.2, -0.15) is 5.10 Å². The number of methoxy groups -OCH3 is 1. The van der Waals surface area contributed by atoms with E-state index >= 15 is 4.39 Å². The number of benzene rings is 2. The van der Waals surface area contributed by atoms with Crippen LogP contribution in [0.3, 0.4) is 0 Å². The summed E-state index contributed by atoms with van der Waals surface area (Å²) in [5.74, 6) is 0.294. The number of H-pyrrole nitrogens is 1. The van der Waals surface area contributed by atoms with Crippen LogP contribution in [0.2, 0.25) is 0 Å². The minimum absolute atomic E-state index is 0.232. The number of aromatic nitrogens is 4. The van der Waals surface area contributed by atoms with Crippen LogP contribution in [-0.2, 0) is 7.05 Å². The van der Waals surface area contributed by atoms with Gasteiger partial charge >= 0.3 is 0 Å². The zero-order valence-corrected chi connectivity index (χ0v) is 18.8. The van der Waals surface area contributed by atoms with Crippen LogP contribution in [0, 0.1) is 5.82 Å². The first-order chi connectivity index (χ1) is 16.0. The van der Waals surface area contributed by atoms with E-state index in [1.807, 2.05) is 35.2 Å². The van der Waals surface area contributed by atoms with Crippen LogP contribution >= 0.6 is 0 Å². The van der Waals surface area contributed by atoms with Crippen LogP contribution in [0.15, 0.2) is 47.3 Å². The number of fused-ring (bicyclic) bond motifs is 1. The second-order valence-corrected chi connectivity index (χ2v) is 8.25. The monoisotopic (exact) mass is 448 g/mol. The number of hydrogen-bond donors (Lipinski definition) is 1. The third-order valence-electron chi connectivity index (χ3n) is 6.11. The first-order valence-corrected chi connectivity index (χ1v) is 10.8. The van der Waals surface area contributed by atoms with Crippen molar-refractivity contribution in [2.24, 2.45) is 7.05 Å². The average molecular weight is 449 g/mol. The highest BCUT2D eigenvalue weighted by Crippen LogP contribution is 2.35. The Labute approximate surface area is 190 Å². The van der Waals surface area contributed by atoms with Crippen molar-refractivity contribution in [3.63, 3.8) is 0 Å². The molecular weight excluding hydrogens is 423 g/mol. The quantitative estimate of drug-likeness (QED) is 0.517. The van der Waals surface area contributed by atoms with Crippen LogP contribution in [0.4, 0.5) is 10.1 Å². The van der Waals surface area contributed by atoms with Gasteiger partial charge in [0.2, 0.25) is 0 Å². The van der Waals surface area contributed by atoms with Crippen LogP contribution in [0.25, 0.3) is 33.7 Å². The smallest absolute Gasteiger partial charge is 0.262 e. The van der Waals surface area contributed by atoms with Crippen molar-refractivity contribution in [3.8, 4) is 28.4 Å². The molecule has 1 saturated heterocycles. The molecule has 0 unspecified atom stereocenters. The molecule has 2 aromatic heterocycles. The summed E-state index contributed by atoms with van der Waals surface area (Å²) in [7, 11) is 5.31. The number of hydrogen-bond acceptors (Lipinski definition) is 6. The third-order valence-corrected chi connectivity index (χ3v) is 6.11. The number of rotatable bonds is 4. The van der Waals surface area contributed by atoms with Crippen molar-refractivity contribution >= 4 is 16.7 Å². The Morgan fingerprint density at radius 2 is 1.79 bits per heavy atom. The van der Waals surface area contributed by atoms with Crippen molar-refractivity contribution in [2.75, 3.05) is 45.2 Å². The van der Waals surface area contributed by atoms with Crippen molar-refractivity contribution in [2.45, 2.75) is 0 Å². The van der Waals surface area contributed by atoms with Crippen molar-refractivity contribution in [1.29, 1.82) is 0 Å². The summed E-state index contributed by atoms with van der Waals surface area (Å²) in [6, 6.07) is 12.5. The lowest BCUT2D eigenvalue weighted by atomic mass is 10.1. The van der Waals surface area contributed by atoms with Crippen LogP contribution in [-0.4, -0.2) is 65.0 Å². The highest BCUT2D eigenvalue weighted by atomic mass is 19.1. The number of aryl methyl sites for hydroxylation is 1. The Bertz CT molecular complexity index is 1370. The van der Waals surface area contributed by atoms with E-state index in [1.165, 1.54) is 13.2 Å². The maximum atomic E-state index is 15.2. The molecule has 3 heterocycles. The molecule has 0 atom stereocenters. The second kappa shape index (κ2) is 8.32. The van der Waals surface area contributed by atoms with Gasteiger partial charge in [0.15, 0.2) is 5.65 Å². The molecule has 0 aliphatic carbocycles. The standard InChI is InChI=1S/C24H25FN6O2/c1-29-9-11-31(12-10-29)18-14-19(33-3)16(13-17(18)25)22-26-23-20(24(32)27-22)21(28-30(23)2)15-7-5-4-6-8-15/h4-8,13-14H,9-12H2,1-3H3,(H,26,27,32). The normalized spacial score (nSPS) is 14.7. The Morgan fingerprint density at radius 3 is 2.48 bits per heavy atom. The molecule has 9 heteroatoms. The molecule has 2 aromatic carbocycles. The number of ether oxygens (including phenoxy) is 1. The number of nitrogens with zero attached hydrogens (tertiary/aromatic N) is 5. The SMILES string of the molecule is COc1cc(N2CCN(C)CC2)c(F)cc1-c1nc2c(c(-c3ccccc3)nn2C)c(=O)[nH]1. The fraction of sp³-hybridized carbons (Fsp3) is 0.292. The molecule has 33 heavy (non-hydrogen) atoms. The number of piperazine rings is 1. The van der Waals surface area contributed by atoms with Crippen molar-refractivity contribution in [1.82, 2.24) is 24.6 Å². The summed E-state index contributed by atoms with van der Waals surface area (Å²) < 4.78 is 22.3. The molecule has 0 saturated carbocycles. The number of nitrogens with one attached hydrogen (secondary N) is 1. The van der Waals surface area contributed by atoms with Crippen LogP contribution in [0.5, 0.6) is 5.75 Å². The molecule has 8 nitrogen and oxygen atoms in total. The molecule has 1 aliphatic heterocycles. The minimum Gasteiger partial charge on any atom is -0.496 e. The van der Waals surface area contributed by atoms with E-state index in [0.29, 0.717) is 33.7 Å². The molecule has 1 aliphatic rings. The van der Waals surface area contributed by atoms with Gasteiger partial charge in [-0.05, 0) is 13.1 Å². The van der Waals surface area contributed by atoms with E-state index in [9.17, 15) is 4.79 Å². The minimum atomic E-state index is -0.381. The summed E-state index contributed by atoms with van der Waals surface area (Å²) in [4.78, 5) is 24.8. The van der Waals surface area contributed by atoms with Gasteiger partial charge in [-0.15, -0.1) is 0 Å². The summed E-state index contributed by atoms with van der Waals surface area (Å²) in [6.45, 7) is 3.18. The fourth-order valence-electron chi connectivity index (χ4n) is 4.27. The zero-order valence-electron chi connectivity index (χ0n) is 18.8. The van der Waals surface area contributed by atoms with E-state index < -0.39 is 0 Å². The lowest BCUT2D eigenvalue weighted by Gasteiger charge is -2.34. The highest BCUT2D eigenvalue weighted by molar-refractivity contribution is 5.91. The molecule has 0 amide bonds. The fourth-order valence-corrected chi connectivity index (χ4v) is 4.27. The van der Waals surface area contributed by atoms with Crippen LogP contribution in [0.1, 0.15) is 0 Å². The van der Waals surface area contributed by atoms with Gasteiger partial charge in [0.05, 0.1) is 18.4 Å². The summed E-state index contributed by atoms with van der Waals surface area (Å²) in [5, 5.41) is 4.91. The van der Waals surface area contributed by atoms with E-state index in [-0.39, 0.29) is 17.2 Å². The topological polar surface area (TPSA) is 79.3 Å². The van der Waals surface area contributed by atoms with Gasteiger partial charge in [-0.3, -0.25) is 4.79 Å². The summed E-state index contributed by atoms with van der Waals surface area (Å²) >= 11 is 0. The molecule has 0 spiro atoms. The molecule has 0 bridgehead atoms. The van der Waals surface area contributed by atoms with Crippen LogP contribution < -0.4 is 15.2 Å². The van der Waals surface area contributed by atoms with E-state index in [1.54, 1.807) is 17.8 Å². The Morgan fingerprint density at radius 1 is 1.06 bits per heavy atom. The predicted molar refractivity (Wildman–Crippen MR) is 126 cm³/mol. The summed E-state index contributed by atoms with van der Waals surface area (Å²) in [5.41, 5.74) is 2.32. The van der Waals surface area contributed by atoms with Crippen molar-refractivity contribution in [3.05, 3.63) is 58.6 Å². The molecule has 1 N–H and O–H groups in total. The van der Waals surface area contributed by atoms with Gasteiger partial charge in [0.1, 0.15) is 28.5 Å². The first kappa shape index (κ1) is 21.1. The lowest BCUT2D eigenvalue weighted by molar-refractivity contribution is 0.311. The Kier molecular flexibility index (Phi) is 5.33. The molecular formula is C24H25FN6O2. The maximum Gasteiger partial charge on any atom is 0.262 e. The number of likely N-dealkylation sites (N-methyl/N-ethyl adjacent to an activating group) is 1. The third kappa shape index (κ3) is 3.74. The molecule has 170 valence electrons. The second-order valence-electron chi connectivity index (χ2n) is 8.25. The number of aromatic amines is 1. The maximum absolute atomic E-state index is 15.2. The van der Waals surface area contributed by atoms with E-state index in [0.717, 1.165) is 31.7 Å². The van der Waals surface area contributed by atoms with E-state index in [4.69, 9.17) is 4.74 Å². The predicted octanol–water partition coefficient (Wildman–Crippen LogP) is 2.89. The Balaban J connectivity index is 1.61. The Hall–Kier alpha value is -3.72. The average Bonchev–Trinajstić information content (AvgIpc) is 3.17. The lowest BCUT2D eigenvalue weighted by Crippen LogP contribution is -2.44. The summed E-state index contributed by atoms with van der Waals surface area (Å²) in [6.07, 6.45) is 0. The van der Waals surface area contributed by atoms with Gasteiger partial charge in [0, 0.05) is 44.9 Å². The molecule has 0 radical (unpaired) electrons. The van der Waals surface area contributed by atoms with Gasteiger partial charge in [0.25, 0.3) is 5.56 Å². The molecule has 4 aromatic rings. The highest BCUT2D eigenvalue weighted by Gasteiger charge is 2.23. The van der Waals surface area contributed by atoms with Gasteiger partial charge in [-0.25, -0.2) is 14.1 Å². The van der Waals surface area contributed by atoms with E-state index in [2.05, 4.69) is 27.0 Å². The number of anilines is 1.